The number of hydrogen-bond acceptors (Lipinski definition) is 3. The number of benzene rings is 2. The monoisotopic (exact) mass is 363 g/mol. The summed E-state index contributed by atoms with van der Waals surface area (Å²) in [5.74, 6) is 0.139. The van der Waals surface area contributed by atoms with Crippen molar-refractivity contribution in [1.29, 1.82) is 0 Å². The average molecular weight is 364 g/mol. The van der Waals surface area contributed by atoms with E-state index in [9.17, 15) is 13.2 Å². The van der Waals surface area contributed by atoms with E-state index in [0.29, 0.717) is 16.5 Å². The summed E-state index contributed by atoms with van der Waals surface area (Å²) in [6, 6.07) is 13.5. The van der Waals surface area contributed by atoms with Crippen LogP contribution >= 0.6 is 11.6 Å². The molecule has 1 amide bonds. The number of amides is 1. The van der Waals surface area contributed by atoms with E-state index >= 15 is 0 Å². The Balaban J connectivity index is 1.83. The van der Waals surface area contributed by atoms with Crippen molar-refractivity contribution in [2.75, 3.05) is 6.26 Å². The van der Waals surface area contributed by atoms with Crippen LogP contribution in [-0.2, 0) is 9.84 Å². The molecule has 1 fully saturated rings. The second-order valence-corrected chi connectivity index (χ2v) is 8.59. The van der Waals surface area contributed by atoms with Gasteiger partial charge in [0.25, 0.3) is 5.91 Å². The normalized spacial score (nSPS) is 15.8. The Bertz CT molecular complexity index is 858. The van der Waals surface area contributed by atoms with Crippen molar-refractivity contribution in [1.82, 2.24) is 5.32 Å². The molecule has 6 heteroatoms. The number of nitrogens with one attached hydrogen (secondary N) is 1. The summed E-state index contributed by atoms with van der Waals surface area (Å²) in [5, 5.41) is 3.69. The first-order valence-corrected chi connectivity index (χ1v) is 9.98. The number of hydrogen-bond donors (Lipinski definition) is 1. The first-order valence-electron chi connectivity index (χ1n) is 7.71. The van der Waals surface area contributed by atoms with Gasteiger partial charge in [0.2, 0.25) is 0 Å². The third-order valence-electron chi connectivity index (χ3n) is 4.13. The lowest BCUT2D eigenvalue weighted by molar-refractivity contribution is 0.0931. The molecule has 126 valence electrons. The molecule has 0 spiro atoms. The molecular formula is C18H18ClNO3S. The Kier molecular flexibility index (Phi) is 4.65. The minimum Gasteiger partial charge on any atom is -0.345 e. The van der Waals surface area contributed by atoms with Crippen molar-refractivity contribution in [3.05, 3.63) is 64.7 Å². The maximum atomic E-state index is 12.6. The second kappa shape index (κ2) is 6.57. The Labute approximate surface area is 146 Å². The van der Waals surface area contributed by atoms with Crippen molar-refractivity contribution >= 4 is 27.3 Å². The van der Waals surface area contributed by atoms with Gasteiger partial charge >= 0.3 is 0 Å². The Morgan fingerprint density at radius 2 is 1.83 bits per heavy atom. The van der Waals surface area contributed by atoms with Crippen molar-refractivity contribution in [2.24, 2.45) is 5.92 Å². The van der Waals surface area contributed by atoms with Gasteiger partial charge in [-0.2, -0.15) is 0 Å². The zero-order chi connectivity index (χ0) is 17.3. The lowest BCUT2D eigenvalue weighted by Gasteiger charge is -2.19. The summed E-state index contributed by atoms with van der Waals surface area (Å²) in [4.78, 5) is 12.7. The molecule has 4 nitrogen and oxygen atoms in total. The quantitative estimate of drug-likeness (QED) is 0.882. The SMILES string of the molecule is CS(=O)(=O)c1cccc(C(=O)N[C@H](c2ccc(Cl)cc2)C2CC2)c1. The fourth-order valence-electron chi connectivity index (χ4n) is 2.67. The van der Waals surface area contributed by atoms with E-state index < -0.39 is 9.84 Å². The molecule has 1 aliphatic rings. The minimum atomic E-state index is -3.34. The molecule has 0 unspecified atom stereocenters. The molecule has 0 bridgehead atoms. The molecule has 1 atom stereocenters. The van der Waals surface area contributed by atoms with Gasteiger partial charge in [-0.05, 0) is 54.7 Å². The molecule has 1 N–H and O–H groups in total. The van der Waals surface area contributed by atoms with E-state index in [0.717, 1.165) is 24.7 Å². The minimum absolute atomic E-state index is 0.0864. The highest BCUT2D eigenvalue weighted by molar-refractivity contribution is 7.90. The van der Waals surface area contributed by atoms with E-state index in [2.05, 4.69) is 5.32 Å². The van der Waals surface area contributed by atoms with Crippen molar-refractivity contribution in [2.45, 2.75) is 23.8 Å². The number of sulfone groups is 1. The van der Waals surface area contributed by atoms with Crippen LogP contribution in [0.1, 0.15) is 34.8 Å². The molecule has 2 aromatic rings. The van der Waals surface area contributed by atoms with Gasteiger partial charge in [0.05, 0.1) is 10.9 Å². The lowest BCUT2D eigenvalue weighted by atomic mass is 10.0. The molecule has 0 radical (unpaired) electrons. The van der Waals surface area contributed by atoms with Gasteiger partial charge in [0, 0.05) is 16.8 Å². The molecule has 0 saturated heterocycles. The summed E-state index contributed by atoms with van der Waals surface area (Å²) in [6.45, 7) is 0. The summed E-state index contributed by atoms with van der Waals surface area (Å²) < 4.78 is 23.3. The summed E-state index contributed by atoms with van der Waals surface area (Å²) in [6.07, 6.45) is 3.26. The summed E-state index contributed by atoms with van der Waals surface area (Å²) >= 11 is 5.93. The Hall–Kier alpha value is -1.85. The molecule has 0 aliphatic heterocycles. The third kappa shape index (κ3) is 3.97. The average Bonchev–Trinajstić information content (AvgIpc) is 3.37. The Morgan fingerprint density at radius 3 is 2.42 bits per heavy atom. The first kappa shape index (κ1) is 17.0. The topological polar surface area (TPSA) is 63.2 Å². The Morgan fingerprint density at radius 1 is 1.17 bits per heavy atom. The maximum absolute atomic E-state index is 12.6. The molecule has 1 aliphatic carbocycles. The van der Waals surface area contributed by atoms with Crippen LogP contribution in [0.5, 0.6) is 0 Å². The van der Waals surface area contributed by atoms with Crippen LogP contribution in [0.2, 0.25) is 5.02 Å². The maximum Gasteiger partial charge on any atom is 0.251 e. The van der Waals surface area contributed by atoms with Crippen molar-refractivity contribution < 1.29 is 13.2 Å². The zero-order valence-electron chi connectivity index (χ0n) is 13.2. The van der Waals surface area contributed by atoms with Gasteiger partial charge in [0.15, 0.2) is 9.84 Å². The van der Waals surface area contributed by atoms with Crippen LogP contribution in [0.4, 0.5) is 0 Å². The fourth-order valence-corrected chi connectivity index (χ4v) is 3.46. The smallest absolute Gasteiger partial charge is 0.251 e. The van der Waals surface area contributed by atoms with Gasteiger partial charge in [-0.3, -0.25) is 4.79 Å². The van der Waals surface area contributed by atoms with E-state index in [1.807, 2.05) is 24.3 Å². The van der Waals surface area contributed by atoms with Gasteiger partial charge < -0.3 is 5.32 Å². The van der Waals surface area contributed by atoms with E-state index in [4.69, 9.17) is 11.6 Å². The predicted molar refractivity (Wildman–Crippen MR) is 93.9 cm³/mol. The number of halogens is 1. The van der Waals surface area contributed by atoms with Crippen molar-refractivity contribution in [3.8, 4) is 0 Å². The van der Waals surface area contributed by atoms with E-state index in [-0.39, 0.29) is 16.8 Å². The molecule has 2 aromatic carbocycles. The summed E-state index contributed by atoms with van der Waals surface area (Å²) in [7, 11) is -3.34. The van der Waals surface area contributed by atoms with Crippen LogP contribution in [0.15, 0.2) is 53.4 Å². The zero-order valence-corrected chi connectivity index (χ0v) is 14.8. The molecule has 0 aromatic heterocycles. The van der Waals surface area contributed by atoms with Crippen LogP contribution < -0.4 is 5.32 Å². The highest BCUT2D eigenvalue weighted by atomic mass is 35.5. The van der Waals surface area contributed by atoms with Crippen LogP contribution in [0.3, 0.4) is 0 Å². The van der Waals surface area contributed by atoms with Gasteiger partial charge in [-0.25, -0.2) is 8.42 Å². The molecule has 24 heavy (non-hydrogen) atoms. The first-order chi connectivity index (χ1) is 11.3. The van der Waals surface area contributed by atoms with E-state index in [1.165, 1.54) is 12.1 Å². The van der Waals surface area contributed by atoms with Crippen molar-refractivity contribution in [3.63, 3.8) is 0 Å². The van der Waals surface area contributed by atoms with E-state index in [1.54, 1.807) is 12.1 Å². The fraction of sp³-hybridized carbons (Fsp3) is 0.278. The number of carbonyl (C=O) groups is 1. The standard InChI is InChI=1S/C18H18ClNO3S/c1-24(22,23)16-4-2-3-14(11-16)18(21)20-17(12-5-6-12)13-7-9-15(19)10-8-13/h2-4,7-12,17H,5-6H2,1H3,(H,20,21)/t17-/m0/s1. The second-order valence-electron chi connectivity index (χ2n) is 6.14. The summed E-state index contributed by atoms with van der Waals surface area (Å²) in [5.41, 5.74) is 1.35. The van der Waals surface area contributed by atoms with Gasteiger partial charge in [-0.15, -0.1) is 0 Å². The van der Waals surface area contributed by atoms with Gasteiger partial charge in [-0.1, -0.05) is 29.8 Å². The lowest BCUT2D eigenvalue weighted by Crippen LogP contribution is -2.30. The third-order valence-corrected chi connectivity index (χ3v) is 5.50. The largest absolute Gasteiger partial charge is 0.345 e. The molecular weight excluding hydrogens is 346 g/mol. The molecule has 0 heterocycles. The molecule has 3 rings (SSSR count). The molecule has 1 saturated carbocycles. The van der Waals surface area contributed by atoms with Crippen LogP contribution in [-0.4, -0.2) is 20.6 Å². The van der Waals surface area contributed by atoms with Crippen LogP contribution in [0, 0.1) is 5.92 Å². The highest BCUT2D eigenvalue weighted by Crippen LogP contribution is 2.41. The highest BCUT2D eigenvalue weighted by Gasteiger charge is 2.33. The van der Waals surface area contributed by atoms with Gasteiger partial charge in [0.1, 0.15) is 0 Å². The number of rotatable bonds is 5. The predicted octanol–water partition coefficient (Wildman–Crippen LogP) is 3.62. The number of carbonyl (C=O) groups excluding carboxylic acids is 1. The van der Waals surface area contributed by atoms with Crippen LogP contribution in [0.25, 0.3) is 0 Å².